The van der Waals surface area contributed by atoms with Crippen molar-refractivity contribution in [3.63, 3.8) is 0 Å². The van der Waals surface area contributed by atoms with Crippen LogP contribution in [0.25, 0.3) is 5.57 Å². The molecule has 0 aliphatic carbocycles. The third-order valence-corrected chi connectivity index (χ3v) is 4.79. The number of dihydropyridines is 1. The van der Waals surface area contributed by atoms with Gasteiger partial charge in [-0.25, -0.2) is 4.79 Å². The Kier molecular flexibility index (Phi) is 5.35. The minimum Gasteiger partial charge on any atom is -0.466 e. The van der Waals surface area contributed by atoms with E-state index in [9.17, 15) is 4.79 Å². The summed E-state index contributed by atoms with van der Waals surface area (Å²) in [5.74, 6) is -0.769. The molecule has 0 saturated carbocycles. The molecule has 3 rings (SSSR count). The second-order valence-corrected chi connectivity index (χ2v) is 6.94. The van der Waals surface area contributed by atoms with Gasteiger partial charge >= 0.3 is 5.97 Å². The first kappa shape index (κ1) is 18.5. The van der Waals surface area contributed by atoms with E-state index in [0.717, 1.165) is 28.1 Å². The van der Waals surface area contributed by atoms with E-state index in [1.165, 1.54) is 7.11 Å². The van der Waals surface area contributed by atoms with Crippen LogP contribution in [-0.2, 0) is 9.53 Å². The van der Waals surface area contributed by atoms with Crippen molar-refractivity contribution in [1.29, 1.82) is 0 Å². The number of esters is 1. The molecule has 2 heterocycles. The lowest BCUT2D eigenvalue weighted by Crippen LogP contribution is -2.28. The minimum absolute atomic E-state index is 0.371. The lowest BCUT2D eigenvalue weighted by Gasteiger charge is -2.31. The van der Waals surface area contributed by atoms with Crippen LogP contribution in [0.1, 0.15) is 30.9 Å². The van der Waals surface area contributed by atoms with Crippen molar-refractivity contribution >= 4 is 34.7 Å². The first-order valence-electron chi connectivity index (χ1n) is 8.05. The van der Waals surface area contributed by atoms with Gasteiger partial charge in [-0.2, -0.15) is 0 Å². The molecule has 0 saturated heterocycles. The maximum atomic E-state index is 12.6. The molecule has 1 atom stereocenters. The van der Waals surface area contributed by atoms with Crippen molar-refractivity contribution in [2.24, 2.45) is 0 Å². The Balaban J connectivity index is 2.28. The Hall–Kier alpha value is -2.30. The van der Waals surface area contributed by atoms with Gasteiger partial charge < -0.3 is 10.1 Å². The molecule has 0 amide bonds. The van der Waals surface area contributed by atoms with Crippen LogP contribution in [0, 0.1) is 0 Å². The van der Waals surface area contributed by atoms with Crippen LogP contribution >= 0.6 is 23.2 Å². The van der Waals surface area contributed by atoms with Gasteiger partial charge in [0.05, 0.1) is 12.7 Å². The SMILES string of the molecule is COC(=O)C1=C(C)NC(C)=C(c2cccnc2)C1c1cc(Cl)cc(Cl)c1. The summed E-state index contributed by atoms with van der Waals surface area (Å²) in [4.78, 5) is 16.8. The number of benzene rings is 1. The average molecular weight is 389 g/mol. The summed E-state index contributed by atoms with van der Waals surface area (Å²) in [6.07, 6.45) is 3.48. The van der Waals surface area contributed by atoms with E-state index in [1.54, 1.807) is 18.5 Å². The smallest absolute Gasteiger partial charge is 0.336 e. The summed E-state index contributed by atoms with van der Waals surface area (Å²) in [5, 5.41) is 4.31. The number of hydrogen-bond donors (Lipinski definition) is 1. The lowest BCUT2D eigenvalue weighted by atomic mass is 9.78. The summed E-state index contributed by atoms with van der Waals surface area (Å²) >= 11 is 12.5. The fourth-order valence-electron chi connectivity index (χ4n) is 3.35. The molecule has 0 radical (unpaired) electrons. The molecule has 1 aliphatic rings. The predicted molar refractivity (Wildman–Crippen MR) is 104 cm³/mol. The van der Waals surface area contributed by atoms with Gasteiger partial charge in [-0.15, -0.1) is 0 Å². The molecule has 1 unspecified atom stereocenters. The van der Waals surface area contributed by atoms with Gasteiger partial charge in [0.2, 0.25) is 0 Å². The Labute approximate surface area is 162 Å². The number of rotatable bonds is 3. The summed E-state index contributed by atoms with van der Waals surface area (Å²) in [5.41, 5.74) is 4.86. The monoisotopic (exact) mass is 388 g/mol. The summed E-state index contributed by atoms with van der Waals surface area (Å²) in [6.45, 7) is 3.83. The number of nitrogens with zero attached hydrogens (tertiary/aromatic N) is 1. The van der Waals surface area contributed by atoms with E-state index in [0.29, 0.717) is 15.6 Å². The van der Waals surface area contributed by atoms with E-state index in [2.05, 4.69) is 10.3 Å². The summed E-state index contributed by atoms with van der Waals surface area (Å²) in [6, 6.07) is 9.14. The molecule has 134 valence electrons. The van der Waals surface area contributed by atoms with Crippen LogP contribution in [0.2, 0.25) is 10.0 Å². The van der Waals surface area contributed by atoms with Crippen molar-refractivity contribution in [3.8, 4) is 0 Å². The lowest BCUT2D eigenvalue weighted by molar-refractivity contribution is -0.136. The third-order valence-electron chi connectivity index (χ3n) is 4.36. The van der Waals surface area contributed by atoms with Gasteiger partial charge in [-0.1, -0.05) is 29.3 Å². The van der Waals surface area contributed by atoms with Crippen LogP contribution in [0.3, 0.4) is 0 Å². The number of ether oxygens (including phenoxy) is 1. The number of hydrogen-bond acceptors (Lipinski definition) is 4. The normalized spacial score (nSPS) is 17.2. The zero-order valence-corrected chi connectivity index (χ0v) is 16.2. The highest BCUT2D eigenvalue weighted by molar-refractivity contribution is 6.34. The molecule has 6 heteroatoms. The van der Waals surface area contributed by atoms with Crippen molar-refractivity contribution in [2.45, 2.75) is 19.8 Å². The predicted octanol–water partition coefficient (Wildman–Crippen LogP) is 4.95. The van der Waals surface area contributed by atoms with Gasteiger partial charge in [-0.3, -0.25) is 4.98 Å². The number of halogens is 2. The maximum absolute atomic E-state index is 12.6. The highest BCUT2D eigenvalue weighted by Gasteiger charge is 2.34. The molecular formula is C20H18Cl2N2O2. The molecule has 2 aromatic rings. The van der Waals surface area contributed by atoms with E-state index >= 15 is 0 Å². The fraction of sp³-hybridized carbons (Fsp3) is 0.200. The van der Waals surface area contributed by atoms with Crippen LogP contribution < -0.4 is 5.32 Å². The highest BCUT2D eigenvalue weighted by atomic mass is 35.5. The maximum Gasteiger partial charge on any atom is 0.336 e. The van der Waals surface area contributed by atoms with Crippen LogP contribution in [0.5, 0.6) is 0 Å². The van der Waals surface area contributed by atoms with Crippen molar-refractivity contribution in [1.82, 2.24) is 10.3 Å². The first-order chi connectivity index (χ1) is 12.4. The molecule has 26 heavy (non-hydrogen) atoms. The van der Waals surface area contributed by atoms with Gasteiger partial charge in [0.1, 0.15) is 0 Å². The molecule has 0 bridgehead atoms. The largest absolute Gasteiger partial charge is 0.466 e. The summed E-state index contributed by atoms with van der Waals surface area (Å²) in [7, 11) is 1.37. The second-order valence-electron chi connectivity index (χ2n) is 6.07. The van der Waals surface area contributed by atoms with E-state index < -0.39 is 5.97 Å². The Morgan fingerprint density at radius 3 is 2.42 bits per heavy atom. The van der Waals surface area contributed by atoms with Gasteiger partial charge in [0.25, 0.3) is 0 Å². The zero-order valence-electron chi connectivity index (χ0n) is 14.6. The average Bonchev–Trinajstić information content (AvgIpc) is 2.60. The Morgan fingerprint density at radius 1 is 1.15 bits per heavy atom. The number of pyridine rings is 1. The fourth-order valence-corrected chi connectivity index (χ4v) is 3.90. The second kappa shape index (κ2) is 7.52. The molecule has 1 aliphatic heterocycles. The third kappa shape index (κ3) is 3.48. The van der Waals surface area contributed by atoms with Crippen LogP contribution in [0.15, 0.2) is 59.7 Å². The van der Waals surface area contributed by atoms with Crippen LogP contribution in [0.4, 0.5) is 0 Å². The van der Waals surface area contributed by atoms with Crippen molar-refractivity contribution in [2.75, 3.05) is 7.11 Å². The number of carbonyl (C=O) groups excluding carboxylic acids is 1. The van der Waals surface area contributed by atoms with Crippen LogP contribution in [-0.4, -0.2) is 18.1 Å². The van der Waals surface area contributed by atoms with E-state index in [-0.39, 0.29) is 5.92 Å². The highest BCUT2D eigenvalue weighted by Crippen LogP contribution is 2.44. The topological polar surface area (TPSA) is 51.2 Å². The quantitative estimate of drug-likeness (QED) is 0.755. The Morgan fingerprint density at radius 2 is 1.85 bits per heavy atom. The van der Waals surface area contributed by atoms with E-state index in [4.69, 9.17) is 27.9 Å². The van der Waals surface area contributed by atoms with Crippen molar-refractivity contribution < 1.29 is 9.53 Å². The molecule has 1 aromatic carbocycles. The molecule has 4 nitrogen and oxygen atoms in total. The Bertz CT molecular complexity index is 900. The van der Waals surface area contributed by atoms with Crippen molar-refractivity contribution in [3.05, 3.63) is 80.9 Å². The standard InChI is InChI=1S/C20H18Cl2N2O2/c1-11-17(13-5-4-6-23-10-13)19(14-7-15(21)9-16(22)8-14)18(12(2)24-11)20(25)26-3/h4-10,19,24H,1-3H3. The number of allylic oxidation sites excluding steroid dienone is 3. The number of aromatic nitrogens is 1. The molecule has 1 N–H and O–H groups in total. The molecule has 1 aromatic heterocycles. The zero-order chi connectivity index (χ0) is 18.8. The number of methoxy groups -OCH3 is 1. The van der Waals surface area contributed by atoms with E-state index in [1.807, 2.05) is 38.1 Å². The minimum atomic E-state index is -0.398. The molecule has 0 fully saturated rings. The summed E-state index contributed by atoms with van der Waals surface area (Å²) < 4.78 is 5.05. The number of carbonyl (C=O) groups is 1. The van der Waals surface area contributed by atoms with Gasteiger partial charge in [0.15, 0.2) is 0 Å². The number of nitrogens with one attached hydrogen (secondary N) is 1. The van der Waals surface area contributed by atoms with Gasteiger partial charge in [-0.05, 0) is 54.8 Å². The molecule has 0 spiro atoms. The van der Waals surface area contributed by atoms with Gasteiger partial charge in [0, 0.05) is 39.8 Å². The first-order valence-corrected chi connectivity index (χ1v) is 8.81. The molecular weight excluding hydrogens is 371 g/mol.